The first kappa shape index (κ1) is 19.1. The summed E-state index contributed by atoms with van der Waals surface area (Å²) >= 11 is 0. The molecular formula is C20H27N5O2S. The van der Waals surface area contributed by atoms with Crippen LogP contribution in [0, 0.1) is 0 Å². The third-order valence-corrected chi connectivity index (χ3v) is 6.94. The van der Waals surface area contributed by atoms with Gasteiger partial charge in [-0.2, -0.15) is 5.10 Å². The first-order valence-corrected chi connectivity index (χ1v) is 11.4. The molecule has 1 unspecified atom stereocenters. The summed E-state index contributed by atoms with van der Waals surface area (Å²) in [4.78, 5) is 12.7. The highest BCUT2D eigenvalue weighted by Gasteiger charge is 2.27. The Morgan fingerprint density at radius 2 is 2.07 bits per heavy atom. The number of carbonyl (C=O) groups excluding carboxylic acids is 1. The minimum atomic E-state index is -3.39. The summed E-state index contributed by atoms with van der Waals surface area (Å²) in [5.41, 5.74) is 5.37. The molecule has 2 fully saturated rings. The molecule has 0 saturated heterocycles. The van der Waals surface area contributed by atoms with Crippen molar-refractivity contribution >= 4 is 15.9 Å². The Labute approximate surface area is 166 Å². The van der Waals surface area contributed by atoms with E-state index in [2.05, 4.69) is 28.3 Å². The smallest absolute Gasteiger partial charge is 0.305 e. The van der Waals surface area contributed by atoms with Gasteiger partial charge >= 0.3 is 6.03 Å². The molecule has 3 aliphatic rings. The fourth-order valence-electron chi connectivity index (χ4n) is 3.99. The predicted molar refractivity (Wildman–Crippen MR) is 109 cm³/mol. The topological polar surface area (TPSA) is 102 Å². The molecule has 28 heavy (non-hydrogen) atoms. The maximum absolute atomic E-state index is 12.8. The van der Waals surface area contributed by atoms with E-state index in [9.17, 15) is 9.00 Å². The van der Waals surface area contributed by atoms with Crippen LogP contribution in [0.25, 0.3) is 0 Å². The van der Waals surface area contributed by atoms with E-state index in [4.69, 9.17) is 5.14 Å². The second-order valence-electron chi connectivity index (χ2n) is 7.88. The van der Waals surface area contributed by atoms with Crippen LogP contribution in [0.1, 0.15) is 64.3 Å². The number of aromatic nitrogens is 2. The zero-order chi connectivity index (χ0) is 19.9. The maximum Gasteiger partial charge on any atom is 0.354 e. The van der Waals surface area contributed by atoms with Crippen molar-refractivity contribution in [3.63, 3.8) is 0 Å². The lowest BCUT2D eigenvalue weighted by Crippen LogP contribution is -2.25. The average Bonchev–Trinajstić information content (AvgIpc) is 3.03. The van der Waals surface area contributed by atoms with Crippen molar-refractivity contribution in [3.05, 3.63) is 46.8 Å². The van der Waals surface area contributed by atoms with Crippen LogP contribution in [-0.4, -0.2) is 20.0 Å². The summed E-state index contributed by atoms with van der Waals surface area (Å²) < 4.78 is 18.4. The van der Waals surface area contributed by atoms with Crippen molar-refractivity contribution in [1.29, 1.82) is 0 Å². The summed E-state index contributed by atoms with van der Waals surface area (Å²) in [5, 5.41) is 13.2. The van der Waals surface area contributed by atoms with Crippen LogP contribution < -0.4 is 10.5 Å². The molecule has 3 aliphatic carbocycles. The summed E-state index contributed by atoms with van der Waals surface area (Å²) in [7, 11) is -3.39. The SMILES string of the molecule is C=C1CCC/C1=C(\NC(=O)N=S(N)(=O)c1ccn(C2CC2)n1)C1=C(C)CCC1. The largest absolute Gasteiger partial charge is 0.354 e. The first-order chi connectivity index (χ1) is 13.3. The van der Waals surface area contributed by atoms with E-state index < -0.39 is 15.9 Å². The summed E-state index contributed by atoms with van der Waals surface area (Å²) in [6, 6.07) is 1.24. The summed E-state index contributed by atoms with van der Waals surface area (Å²) in [5.74, 6) is 0. The molecule has 150 valence electrons. The van der Waals surface area contributed by atoms with Crippen LogP contribution in [0.2, 0.25) is 0 Å². The van der Waals surface area contributed by atoms with Gasteiger partial charge in [0.1, 0.15) is 0 Å². The molecule has 0 aliphatic heterocycles. The van der Waals surface area contributed by atoms with E-state index in [1.54, 1.807) is 16.9 Å². The van der Waals surface area contributed by atoms with E-state index in [1.807, 2.05) is 0 Å². The molecule has 0 aromatic carbocycles. The number of nitrogens with zero attached hydrogens (tertiary/aromatic N) is 3. The maximum atomic E-state index is 12.8. The predicted octanol–water partition coefficient (Wildman–Crippen LogP) is 4.12. The molecule has 1 atom stereocenters. The van der Waals surface area contributed by atoms with Gasteiger partial charge in [-0.25, -0.2) is 14.1 Å². The number of hydrogen-bond donors (Lipinski definition) is 2. The van der Waals surface area contributed by atoms with Crippen LogP contribution in [0.5, 0.6) is 0 Å². The van der Waals surface area contributed by atoms with Crippen LogP contribution in [0.4, 0.5) is 4.79 Å². The highest BCUT2D eigenvalue weighted by atomic mass is 32.2. The van der Waals surface area contributed by atoms with E-state index in [-0.39, 0.29) is 5.03 Å². The lowest BCUT2D eigenvalue weighted by atomic mass is 10.0. The molecule has 2 amide bonds. The lowest BCUT2D eigenvalue weighted by Gasteiger charge is -2.15. The van der Waals surface area contributed by atoms with E-state index >= 15 is 0 Å². The fourth-order valence-corrected chi connectivity index (χ4v) is 4.85. The number of allylic oxidation sites excluding steroid dienone is 4. The summed E-state index contributed by atoms with van der Waals surface area (Å²) in [6.07, 6.45) is 9.72. The standard InChI is InChI=1S/C20H27N5O2S/c1-13-5-3-7-16(13)19(17-8-4-6-14(17)2)22-20(26)24-28(21,27)18-11-12-25(23-18)15-9-10-15/h11-12,15H,1,3-10H2,2H3,(H3,21,22,24,26,27)/b19-16+. The van der Waals surface area contributed by atoms with Gasteiger partial charge in [-0.15, -0.1) is 4.36 Å². The van der Waals surface area contributed by atoms with E-state index in [0.29, 0.717) is 6.04 Å². The van der Waals surface area contributed by atoms with Crippen molar-refractivity contribution in [2.75, 3.05) is 0 Å². The zero-order valence-corrected chi connectivity index (χ0v) is 17.1. The fraction of sp³-hybridized carbons (Fsp3) is 0.500. The molecule has 7 nitrogen and oxygen atoms in total. The van der Waals surface area contributed by atoms with Crippen LogP contribution in [-0.2, 0) is 9.92 Å². The normalized spacial score (nSPS) is 23.7. The molecule has 3 N–H and O–H groups in total. The number of hydrogen-bond acceptors (Lipinski definition) is 3. The van der Waals surface area contributed by atoms with Gasteiger partial charge in [0.25, 0.3) is 0 Å². The minimum absolute atomic E-state index is 0.144. The van der Waals surface area contributed by atoms with Gasteiger partial charge in [-0.3, -0.25) is 4.68 Å². The number of urea groups is 1. The van der Waals surface area contributed by atoms with Gasteiger partial charge in [0, 0.05) is 11.9 Å². The minimum Gasteiger partial charge on any atom is -0.305 e. The molecule has 1 heterocycles. The van der Waals surface area contributed by atoms with Crippen LogP contribution >= 0.6 is 0 Å². The highest BCUT2D eigenvalue weighted by molar-refractivity contribution is 7.91. The number of carbonyl (C=O) groups is 1. The quantitative estimate of drug-likeness (QED) is 0.793. The highest BCUT2D eigenvalue weighted by Crippen LogP contribution is 2.38. The van der Waals surface area contributed by atoms with Gasteiger partial charge in [-0.05, 0) is 81.1 Å². The zero-order valence-electron chi connectivity index (χ0n) is 16.2. The van der Waals surface area contributed by atoms with Crippen molar-refractivity contribution in [2.24, 2.45) is 9.50 Å². The van der Waals surface area contributed by atoms with Gasteiger partial charge in [0.05, 0.1) is 6.04 Å². The van der Waals surface area contributed by atoms with Crippen LogP contribution in [0.15, 0.2) is 56.2 Å². The molecule has 0 radical (unpaired) electrons. The van der Waals surface area contributed by atoms with Gasteiger partial charge < -0.3 is 5.32 Å². The average molecular weight is 402 g/mol. The number of nitrogens with one attached hydrogen (secondary N) is 1. The molecule has 4 rings (SSSR count). The third-order valence-electron chi connectivity index (χ3n) is 5.68. The van der Waals surface area contributed by atoms with Crippen LogP contribution in [0.3, 0.4) is 0 Å². The van der Waals surface area contributed by atoms with Crippen molar-refractivity contribution in [1.82, 2.24) is 15.1 Å². The van der Waals surface area contributed by atoms with Crippen molar-refractivity contribution in [2.45, 2.75) is 69.4 Å². The summed E-state index contributed by atoms with van der Waals surface area (Å²) in [6.45, 7) is 6.25. The van der Waals surface area contributed by atoms with Crippen molar-refractivity contribution in [3.8, 4) is 0 Å². The Hall–Kier alpha value is -2.19. The molecule has 0 bridgehead atoms. The van der Waals surface area contributed by atoms with Gasteiger partial charge in [0.15, 0.2) is 14.9 Å². The van der Waals surface area contributed by atoms with Gasteiger partial charge in [0.2, 0.25) is 0 Å². The second-order valence-corrected chi connectivity index (χ2v) is 9.62. The first-order valence-electron chi connectivity index (χ1n) is 9.86. The van der Waals surface area contributed by atoms with Crippen molar-refractivity contribution < 1.29 is 9.00 Å². The molecule has 1 aromatic heterocycles. The molecule has 2 saturated carbocycles. The number of nitrogens with two attached hydrogens (primary N) is 1. The molecule has 1 aromatic rings. The third kappa shape index (κ3) is 3.84. The second kappa shape index (κ2) is 7.33. The van der Waals surface area contributed by atoms with E-state index in [1.165, 1.54) is 5.57 Å². The van der Waals surface area contributed by atoms with Gasteiger partial charge in [-0.1, -0.05) is 12.2 Å². The number of rotatable bonds is 4. The molecular weight excluding hydrogens is 374 g/mol. The Morgan fingerprint density at radius 1 is 1.32 bits per heavy atom. The molecule has 0 spiro atoms. The Bertz CT molecular complexity index is 1020. The Kier molecular flexibility index (Phi) is 5.01. The Morgan fingerprint density at radius 3 is 2.68 bits per heavy atom. The number of amides is 2. The van der Waals surface area contributed by atoms with E-state index in [0.717, 1.165) is 73.8 Å². The Balaban J connectivity index is 1.62. The lowest BCUT2D eigenvalue weighted by molar-refractivity contribution is 0.252. The monoisotopic (exact) mass is 401 g/mol. The molecule has 8 heteroatoms.